The average Bonchev–Trinajstić information content (AvgIpc) is 2.55. The largest absolute Gasteiger partial charge is 0.396 e. The van der Waals surface area contributed by atoms with Crippen molar-refractivity contribution in [2.45, 2.75) is 25.7 Å². The van der Waals surface area contributed by atoms with Crippen molar-refractivity contribution in [1.29, 1.82) is 0 Å². The molecule has 7 heteroatoms. The summed E-state index contributed by atoms with van der Waals surface area (Å²) in [4.78, 5) is 32.1. The van der Waals surface area contributed by atoms with E-state index in [1.54, 1.807) is 12.0 Å². The molecule has 0 aliphatic carbocycles. The number of piperidine rings is 1. The van der Waals surface area contributed by atoms with Crippen LogP contribution in [0.3, 0.4) is 0 Å². The Morgan fingerprint density at radius 1 is 1.59 bits per heavy atom. The van der Waals surface area contributed by atoms with Crippen molar-refractivity contribution in [3.63, 3.8) is 0 Å². The van der Waals surface area contributed by atoms with E-state index in [0.717, 1.165) is 19.3 Å². The van der Waals surface area contributed by atoms with Gasteiger partial charge >= 0.3 is 0 Å². The first-order chi connectivity index (χ1) is 10.6. The number of nitrogens with zero attached hydrogens (tertiary/aromatic N) is 2. The number of aliphatic hydroxyl groups is 1. The molecular formula is C15H23N3O4. The Labute approximate surface area is 129 Å². The lowest BCUT2D eigenvalue weighted by molar-refractivity contribution is -0.135. The third-order valence-electron chi connectivity index (χ3n) is 4.32. The number of aromatic amines is 1. The molecule has 0 spiro atoms. The van der Waals surface area contributed by atoms with E-state index in [2.05, 4.69) is 9.97 Å². The van der Waals surface area contributed by atoms with Gasteiger partial charge in [-0.3, -0.25) is 9.59 Å². The minimum absolute atomic E-state index is 0.0353. The standard InChI is InChI=1S/C15H23N3O4/c1-22-6-4-15(10-19)3-2-5-18(9-15)13(20)7-12-8-16-11-17-14(12)21/h8,11,19H,2-7,9-10H2,1H3,(H,16,17,21)/t15-/m0/s1. The summed E-state index contributed by atoms with van der Waals surface area (Å²) in [7, 11) is 1.63. The number of H-pyrrole nitrogens is 1. The molecule has 0 aromatic carbocycles. The molecule has 1 saturated heterocycles. The van der Waals surface area contributed by atoms with Crippen LogP contribution in [0.2, 0.25) is 0 Å². The summed E-state index contributed by atoms with van der Waals surface area (Å²) in [6, 6.07) is 0. The highest BCUT2D eigenvalue weighted by Crippen LogP contribution is 2.33. The number of carbonyl (C=O) groups is 1. The van der Waals surface area contributed by atoms with Crippen LogP contribution in [-0.2, 0) is 16.0 Å². The van der Waals surface area contributed by atoms with E-state index >= 15 is 0 Å². The van der Waals surface area contributed by atoms with Crippen molar-refractivity contribution >= 4 is 5.91 Å². The summed E-state index contributed by atoms with van der Waals surface area (Å²) in [6.07, 6.45) is 5.21. The Morgan fingerprint density at radius 3 is 3.09 bits per heavy atom. The number of aromatic nitrogens is 2. The molecule has 2 heterocycles. The lowest BCUT2D eigenvalue weighted by Crippen LogP contribution is -2.49. The van der Waals surface area contributed by atoms with Crippen LogP contribution in [-0.4, -0.2) is 59.3 Å². The molecule has 1 atom stereocenters. The van der Waals surface area contributed by atoms with Gasteiger partial charge in [-0.05, 0) is 19.3 Å². The second-order valence-corrected chi connectivity index (χ2v) is 5.90. The van der Waals surface area contributed by atoms with E-state index in [0.29, 0.717) is 25.3 Å². The van der Waals surface area contributed by atoms with Gasteiger partial charge in [0.2, 0.25) is 5.91 Å². The van der Waals surface area contributed by atoms with Crippen molar-refractivity contribution < 1.29 is 14.6 Å². The molecule has 2 rings (SSSR count). The molecule has 0 unspecified atom stereocenters. The number of amides is 1. The van der Waals surface area contributed by atoms with Crippen LogP contribution in [0.15, 0.2) is 17.3 Å². The molecule has 1 aliphatic rings. The quantitative estimate of drug-likeness (QED) is 0.768. The number of methoxy groups -OCH3 is 1. The van der Waals surface area contributed by atoms with Gasteiger partial charge in [0.15, 0.2) is 0 Å². The van der Waals surface area contributed by atoms with E-state index in [1.807, 2.05) is 0 Å². The minimum atomic E-state index is -0.300. The van der Waals surface area contributed by atoms with Gasteiger partial charge in [0.1, 0.15) is 0 Å². The Balaban J connectivity index is 2.03. The zero-order valence-corrected chi connectivity index (χ0v) is 12.9. The lowest BCUT2D eigenvalue weighted by Gasteiger charge is -2.41. The Hall–Kier alpha value is -1.73. The van der Waals surface area contributed by atoms with Crippen molar-refractivity contribution in [2.75, 3.05) is 33.4 Å². The monoisotopic (exact) mass is 309 g/mol. The molecule has 1 amide bonds. The van der Waals surface area contributed by atoms with Gasteiger partial charge in [-0.15, -0.1) is 0 Å². The summed E-state index contributed by atoms with van der Waals surface area (Å²) in [5.41, 5.74) is -0.219. The van der Waals surface area contributed by atoms with E-state index in [9.17, 15) is 14.7 Å². The number of nitrogens with one attached hydrogen (secondary N) is 1. The number of ether oxygens (including phenoxy) is 1. The highest BCUT2D eigenvalue weighted by atomic mass is 16.5. The summed E-state index contributed by atoms with van der Waals surface area (Å²) in [6.45, 7) is 1.76. The molecule has 1 aromatic heterocycles. The molecule has 0 bridgehead atoms. The summed E-state index contributed by atoms with van der Waals surface area (Å²) in [5.74, 6) is -0.103. The second-order valence-electron chi connectivity index (χ2n) is 5.90. The molecule has 0 saturated carbocycles. The van der Waals surface area contributed by atoms with Gasteiger partial charge in [-0.2, -0.15) is 0 Å². The SMILES string of the molecule is COCC[C@@]1(CO)CCCN(C(=O)Cc2cnc[nH]c2=O)C1. The molecule has 1 fully saturated rings. The molecule has 22 heavy (non-hydrogen) atoms. The fraction of sp³-hybridized carbons (Fsp3) is 0.667. The van der Waals surface area contributed by atoms with Crippen LogP contribution in [0.5, 0.6) is 0 Å². The topological polar surface area (TPSA) is 95.5 Å². The van der Waals surface area contributed by atoms with E-state index in [-0.39, 0.29) is 29.9 Å². The highest BCUT2D eigenvalue weighted by Gasteiger charge is 2.36. The normalized spacial score (nSPS) is 21.8. The molecular weight excluding hydrogens is 286 g/mol. The number of carbonyl (C=O) groups excluding carboxylic acids is 1. The number of likely N-dealkylation sites (tertiary alicyclic amines) is 1. The number of hydrogen-bond acceptors (Lipinski definition) is 5. The van der Waals surface area contributed by atoms with Crippen molar-refractivity contribution in [3.05, 3.63) is 28.4 Å². The van der Waals surface area contributed by atoms with Crippen LogP contribution in [0, 0.1) is 5.41 Å². The van der Waals surface area contributed by atoms with Gasteiger partial charge in [0.25, 0.3) is 5.56 Å². The fourth-order valence-electron chi connectivity index (χ4n) is 2.93. The fourth-order valence-corrected chi connectivity index (χ4v) is 2.93. The van der Waals surface area contributed by atoms with Gasteiger partial charge in [-0.25, -0.2) is 4.98 Å². The summed E-state index contributed by atoms with van der Waals surface area (Å²) >= 11 is 0. The van der Waals surface area contributed by atoms with Crippen LogP contribution in [0.25, 0.3) is 0 Å². The maximum atomic E-state index is 12.4. The van der Waals surface area contributed by atoms with Crippen molar-refractivity contribution in [1.82, 2.24) is 14.9 Å². The predicted octanol–water partition coefficient (Wildman–Crippen LogP) is -0.0500. The van der Waals surface area contributed by atoms with Gasteiger partial charge in [-0.1, -0.05) is 0 Å². The Kier molecular flexibility index (Phi) is 5.68. The van der Waals surface area contributed by atoms with Gasteiger partial charge < -0.3 is 19.7 Å². The smallest absolute Gasteiger partial charge is 0.254 e. The third-order valence-corrected chi connectivity index (χ3v) is 4.32. The summed E-state index contributed by atoms with van der Waals surface area (Å²) < 4.78 is 5.11. The average molecular weight is 309 g/mol. The Bertz CT molecular complexity index is 560. The molecule has 2 N–H and O–H groups in total. The first-order valence-electron chi connectivity index (χ1n) is 7.49. The maximum Gasteiger partial charge on any atom is 0.254 e. The Morgan fingerprint density at radius 2 is 2.41 bits per heavy atom. The highest BCUT2D eigenvalue weighted by molar-refractivity contribution is 5.78. The number of rotatable bonds is 6. The maximum absolute atomic E-state index is 12.4. The summed E-state index contributed by atoms with van der Waals surface area (Å²) in [5, 5.41) is 9.74. The van der Waals surface area contributed by atoms with Gasteiger partial charge in [0.05, 0.1) is 19.4 Å². The van der Waals surface area contributed by atoms with E-state index in [1.165, 1.54) is 12.5 Å². The van der Waals surface area contributed by atoms with E-state index in [4.69, 9.17) is 4.74 Å². The van der Waals surface area contributed by atoms with Crippen LogP contribution in [0.1, 0.15) is 24.8 Å². The van der Waals surface area contributed by atoms with Crippen LogP contribution in [0.4, 0.5) is 0 Å². The first-order valence-corrected chi connectivity index (χ1v) is 7.49. The van der Waals surface area contributed by atoms with Crippen molar-refractivity contribution in [2.24, 2.45) is 5.41 Å². The predicted molar refractivity (Wildman–Crippen MR) is 80.4 cm³/mol. The molecule has 1 aromatic rings. The first kappa shape index (κ1) is 16.6. The molecule has 0 radical (unpaired) electrons. The zero-order valence-electron chi connectivity index (χ0n) is 12.9. The second kappa shape index (κ2) is 7.51. The molecule has 122 valence electrons. The van der Waals surface area contributed by atoms with Crippen LogP contribution < -0.4 is 5.56 Å². The lowest BCUT2D eigenvalue weighted by atomic mass is 9.78. The van der Waals surface area contributed by atoms with E-state index < -0.39 is 0 Å². The number of hydrogen-bond donors (Lipinski definition) is 2. The van der Waals surface area contributed by atoms with Crippen LogP contribution >= 0.6 is 0 Å². The van der Waals surface area contributed by atoms with Gasteiger partial charge in [0, 0.05) is 44.0 Å². The zero-order chi connectivity index (χ0) is 16.0. The third kappa shape index (κ3) is 3.92. The number of aliphatic hydroxyl groups excluding tert-OH is 1. The van der Waals surface area contributed by atoms with Crippen molar-refractivity contribution in [3.8, 4) is 0 Å². The molecule has 7 nitrogen and oxygen atoms in total. The minimum Gasteiger partial charge on any atom is -0.396 e. The molecule has 1 aliphatic heterocycles.